The Bertz CT molecular complexity index is 891. The molecule has 3 aromatic rings. The molecule has 0 saturated carbocycles. The summed E-state index contributed by atoms with van der Waals surface area (Å²) in [4.78, 5) is 12.5. The van der Waals surface area contributed by atoms with E-state index in [1.165, 1.54) is 0 Å². The smallest absolute Gasteiger partial charge is 0.259 e. The van der Waals surface area contributed by atoms with Gasteiger partial charge in [0, 0.05) is 5.56 Å². The SMILES string of the molecule is Cc1ccc(NC(=O)c2cccc(-c3ccccc3)c2O)c(Cl)c1. The molecule has 1 amide bonds. The third-order valence-corrected chi connectivity index (χ3v) is 4.05. The van der Waals surface area contributed by atoms with Gasteiger partial charge in [-0.05, 0) is 36.2 Å². The molecule has 0 unspecified atom stereocenters. The van der Waals surface area contributed by atoms with Crippen LogP contribution in [0.25, 0.3) is 11.1 Å². The van der Waals surface area contributed by atoms with Crippen molar-refractivity contribution in [3.63, 3.8) is 0 Å². The third-order valence-electron chi connectivity index (χ3n) is 3.74. The first-order chi connectivity index (χ1) is 11.6. The summed E-state index contributed by atoms with van der Waals surface area (Å²) >= 11 is 6.15. The van der Waals surface area contributed by atoms with Crippen molar-refractivity contribution in [3.8, 4) is 16.9 Å². The van der Waals surface area contributed by atoms with Crippen LogP contribution in [-0.2, 0) is 0 Å². The van der Waals surface area contributed by atoms with Crippen LogP contribution in [0.1, 0.15) is 15.9 Å². The summed E-state index contributed by atoms with van der Waals surface area (Å²) < 4.78 is 0. The summed E-state index contributed by atoms with van der Waals surface area (Å²) in [5.41, 5.74) is 3.17. The molecule has 3 aromatic carbocycles. The van der Waals surface area contributed by atoms with Gasteiger partial charge >= 0.3 is 0 Å². The number of aromatic hydroxyl groups is 1. The predicted octanol–water partition coefficient (Wildman–Crippen LogP) is 5.27. The molecule has 3 nitrogen and oxygen atoms in total. The van der Waals surface area contributed by atoms with Crippen molar-refractivity contribution < 1.29 is 9.90 Å². The number of nitrogens with one attached hydrogen (secondary N) is 1. The number of phenolic OH excluding ortho intramolecular Hbond substituents is 1. The van der Waals surface area contributed by atoms with Crippen molar-refractivity contribution in [1.82, 2.24) is 0 Å². The number of benzene rings is 3. The molecule has 0 heterocycles. The number of hydrogen-bond donors (Lipinski definition) is 2. The third kappa shape index (κ3) is 3.26. The second-order valence-electron chi connectivity index (χ2n) is 5.51. The Balaban J connectivity index is 1.93. The first kappa shape index (κ1) is 16.1. The molecule has 120 valence electrons. The molecule has 0 radical (unpaired) electrons. The molecular formula is C20H16ClNO2. The topological polar surface area (TPSA) is 49.3 Å². The van der Waals surface area contributed by atoms with Crippen LogP contribution in [0, 0.1) is 6.92 Å². The molecule has 0 aliphatic carbocycles. The number of rotatable bonds is 3. The fourth-order valence-electron chi connectivity index (χ4n) is 2.49. The zero-order chi connectivity index (χ0) is 17.1. The highest BCUT2D eigenvalue weighted by molar-refractivity contribution is 6.34. The van der Waals surface area contributed by atoms with Gasteiger partial charge in [0.05, 0.1) is 16.3 Å². The molecule has 0 saturated heterocycles. The zero-order valence-electron chi connectivity index (χ0n) is 13.1. The lowest BCUT2D eigenvalue weighted by Gasteiger charge is -2.11. The number of amides is 1. The summed E-state index contributed by atoms with van der Waals surface area (Å²) in [6.07, 6.45) is 0. The van der Waals surface area contributed by atoms with Gasteiger partial charge in [0.1, 0.15) is 5.75 Å². The minimum atomic E-state index is -0.406. The van der Waals surface area contributed by atoms with E-state index in [0.29, 0.717) is 16.3 Å². The van der Waals surface area contributed by atoms with Gasteiger partial charge in [-0.25, -0.2) is 0 Å². The van der Waals surface area contributed by atoms with E-state index in [4.69, 9.17) is 11.6 Å². The zero-order valence-corrected chi connectivity index (χ0v) is 13.8. The minimum absolute atomic E-state index is 0.0514. The molecule has 0 atom stereocenters. The highest BCUT2D eigenvalue weighted by Crippen LogP contribution is 2.33. The summed E-state index contributed by atoms with van der Waals surface area (Å²) in [5, 5.41) is 13.7. The number of para-hydroxylation sites is 1. The van der Waals surface area contributed by atoms with Crippen LogP contribution in [0.5, 0.6) is 5.75 Å². The largest absolute Gasteiger partial charge is 0.506 e. The van der Waals surface area contributed by atoms with Gasteiger partial charge in [0.15, 0.2) is 0 Å². The summed E-state index contributed by atoms with van der Waals surface area (Å²) in [5.74, 6) is -0.458. The maximum atomic E-state index is 12.5. The van der Waals surface area contributed by atoms with Crippen molar-refractivity contribution in [2.24, 2.45) is 0 Å². The van der Waals surface area contributed by atoms with Gasteiger partial charge in [-0.15, -0.1) is 0 Å². The van der Waals surface area contributed by atoms with E-state index >= 15 is 0 Å². The lowest BCUT2D eigenvalue weighted by atomic mass is 10.0. The number of aryl methyl sites for hydroxylation is 1. The normalized spacial score (nSPS) is 10.4. The summed E-state index contributed by atoms with van der Waals surface area (Å²) in [6, 6.07) is 19.9. The number of halogens is 1. The summed E-state index contributed by atoms with van der Waals surface area (Å²) in [6.45, 7) is 1.92. The van der Waals surface area contributed by atoms with Crippen LogP contribution < -0.4 is 5.32 Å². The van der Waals surface area contributed by atoms with E-state index < -0.39 is 5.91 Å². The Morgan fingerprint density at radius 1 is 1.00 bits per heavy atom. The molecule has 0 aliphatic rings. The number of phenols is 1. The average Bonchev–Trinajstić information content (AvgIpc) is 2.58. The van der Waals surface area contributed by atoms with E-state index in [9.17, 15) is 9.90 Å². The van der Waals surface area contributed by atoms with E-state index in [-0.39, 0.29) is 11.3 Å². The van der Waals surface area contributed by atoms with Crippen LogP contribution in [0.4, 0.5) is 5.69 Å². The molecule has 2 N–H and O–H groups in total. The average molecular weight is 338 g/mol. The number of carbonyl (C=O) groups excluding carboxylic acids is 1. The van der Waals surface area contributed by atoms with E-state index in [0.717, 1.165) is 11.1 Å². The summed E-state index contributed by atoms with van der Waals surface area (Å²) in [7, 11) is 0. The van der Waals surface area contributed by atoms with Crippen molar-refractivity contribution in [3.05, 3.63) is 82.9 Å². The second kappa shape index (κ2) is 6.77. The van der Waals surface area contributed by atoms with Crippen LogP contribution in [0.3, 0.4) is 0 Å². The van der Waals surface area contributed by atoms with Crippen LogP contribution >= 0.6 is 11.6 Å². The quantitative estimate of drug-likeness (QED) is 0.683. The standard InChI is InChI=1S/C20H16ClNO2/c1-13-10-11-18(17(21)12-13)22-20(24)16-9-5-8-15(19(16)23)14-6-3-2-4-7-14/h2-12,23H,1H3,(H,22,24). The fraction of sp³-hybridized carbons (Fsp3) is 0.0500. The maximum Gasteiger partial charge on any atom is 0.259 e. The van der Waals surface area contributed by atoms with Crippen molar-refractivity contribution in [2.45, 2.75) is 6.92 Å². The molecule has 0 spiro atoms. The van der Waals surface area contributed by atoms with Gasteiger partial charge in [0.2, 0.25) is 0 Å². The Hall–Kier alpha value is -2.78. The molecule has 0 bridgehead atoms. The number of hydrogen-bond acceptors (Lipinski definition) is 2. The minimum Gasteiger partial charge on any atom is -0.506 e. The number of anilines is 1. The Kier molecular flexibility index (Phi) is 4.54. The monoisotopic (exact) mass is 337 g/mol. The molecule has 3 rings (SSSR count). The van der Waals surface area contributed by atoms with Crippen LogP contribution in [0.2, 0.25) is 5.02 Å². The van der Waals surface area contributed by atoms with Crippen molar-refractivity contribution in [2.75, 3.05) is 5.32 Å². The first-order valence-corrected chi connectivity index (χ1v) is 7.89. The molecule has 24 heavy (non-hydrogen) atoms. The van der Waals surface area contributed by atoms with Crippen molar-refractivity contribution in [1.29, 1.82) is 0 Å². The highest BCUT2D eigenvalue weighted by Gasteiger charge is 2.16. The van der Waals surface area contributed by atoms with E-state index in [1.54, 1.807) is 30.3 Å². The second-order valence-corrected chi connectivity index (χ2v) is 5.91. The van der Waals surface area contributed by atoms with Crippen LogP contribution in [-0.4, -0.2) is 11.0 Å². The van der Waals surface area contributed by atoms with Gasteiger partial charge in [-0.2, -0.15) is 0 Å². The molecular weight excluding hydrogens is 322 g/mol. The predicted molar refractivity (Wildman–Crippen MR) is 97.7 cm³/mol. The Morgan fingerprint density at radius 2 is 1.75 bits per heavy atom. The first-order valence-electron chi connectivity index (χ1n) is 7.51. The molecule has 0 aliphatic heterocycles. The van der Waals surface area contributed by atoms with Crippen molar-refractivity contribution >= 4 is 23.2 Å². The van der Waals surface area contributed by atoms with Crippen LogP contribution in [0.15, 0.2) is 66.7 Å². The Morgan fingerprint density at radius 3 is 2.46 bits per heavy atom. The Labute approximate surface area is 145 Å². The molecule has 4 heteroatoms. The van der Waals surface area contributed by atoms with E-state index in [1.807, 2.05) is 43.3 Å². The van der Waals surface area contributed by atoms with Gasteiger partial charge in [0.25, 0.3) is 5.91 Å². The number of carbonyl (C=O) groups is 1. The van der Waals surface area contributed by atoms with Gasteiger partial charge in [-0.3, -0.25) is 4.79 Å². The molecule has 0 fully saturated rings. The molecule has 0 aromatic heterocycles. The lowest BCUT2D eigenvalue weighted by molar-refractivity contribution is 0.102. The van der Waals surface area contributed by atoms with E-state index in [2.05, 4.69) is 5.32 Å². The fourth-order valence-corrected chi connectivity index (χ4v) is 2.77. The maximum absolute atomic E-state index is 12.5. The van der Waals surface area contributed by atoms with Gasteiger partial charge in [-0.1, -0.05) is 60.1 Å². The lowest BCUT2D eigenvalue weighted by Crippen LogP contribution is -2.12. The highest BCUT2D eigenvalue weighted by atomic mass is 35.5. The van der Waals surface area contributed by atoms with Gasteiger partial charge < -0.3 is 10.4 Å².